The quantitative estimate of drug-likeness (QED) is 0.209. The molecule has 2 unspecified atom stereocenters. The Morgan fingerprint density at radius 2 is 1.69 bits per heavy atom. The third-order valence-corrected chi connectivity index (χ3v) is 8.74. The first-order valence-corrected chi connectivity index (χ1v) is 15.6. The molecule has 3 rings (SSSR count). The Balaban J connectivity index is 1.91. The van der Waals surface area contributed by atoms with Crippen LogP contribution in [0, 0.1) is 11.2 Å². The molecule has 5 nitrogen and oxygen atoms in total. The highest BCUT2D eigenvalue weighted by Crippen LogP contribution is 2.46. The molecule has 0 amide bonds. The molecule has 0 bridgehead atoms. The van der Waals surface area contributed by atoms with Crippen molar-refractivity contribution in [2.75, 3.05) is 33.7 Å². The van der Waals surface area contributed by atoms with E-state index in [9.17, 15) is 4.57 Å². The molecule has 0 aliphatic heterocycles. The van der Waals surface area contributed by atoms with Gasteiger partial charge in [0.2, 0.25) is 7.37 Å². The Hall–Kier alpha value is -2.66. The van der Waals surface area contributed by atoms with E-state index in [1.807, 2.05) is 56.3 Å². The number of hydrogen-bond donors (Lipinski definition) is 0. The molecule has 0 saturated carbocycles. The second kappa shape index (κ2) is 13.1. The Morgan fingerprint density at radius 3 is 2.33 bits per heavy atom. The van der Waals surface area contributed by atoms with Crippen LogP contribution in [0.4, 0.5) is 4.39 Å². The molecule has 3 aromatic carbocycles. The summed E-state index contributed by atoms with van der Waals surface area (Å²) in [6.45, 7) is 12.7. The van der Waals surface area contributed by atoms with Crippen molar-refractivity contribution in [2.45, 2.75) is 53.2 Å². The van der Waals surface area contributed by atoms with Crippen LogP contribution in [-0.4, -0.2) is 33.7 Å². The molecule has 0 spiro atoms. The molecule has 3 aromatic rings. The highest BCUT2D eigenvalue weighted by Gasteiger charge is 2.29. The second-order valence-corrected chi connectivity index (χ2v) is 13.8. The van der Waals surface area contributed by atoms with Crippen LogP contribution in [0.15, 0.2) is 60.7 Å². The number of hydrogen-bond acceptors (Lipinski definition) is 5. The zero-order chi connectivity index (χ0) is 28.8. The second-order valence-electron chi connectivity index (χ2n) is 11.1. The van der Waals surface area contributed by atoms with Gasteiger partial charge >= 0.3 is 0 Å². The lowest BCUT2D eigenvalue weighted by atomic mass is 9.81. The van der Waals surface area contributed by atoms with E-state index in [4.69, 9.17) is 18.7 Å². The van der Waals surface area contributed by atoms with Gasteiger partial charge in [-0.3, -0.25) is 4.57 Å². The van der Waals surface area contributed by atoms with Crippen LogP contribution in [0.2, 0.25) is 0 Å². The Labute approximate surface area is 233 Å². The molecule has 0 saturated heterocycles. The van der Waals surface area contributed by atoms with Crippen molar-refractivity contribution in [1.82, 2.24) is 0 Å². The fourth-order valence-electron chi connectivity index (χ4n) is 4.96. The molecule has 39 heavy (non-hydrogen) atoms. The smallest absolute Gasteiger partial charge is 0.200 e. The first-order valence-electron chi connectivity index (χ1n) is 13.3. The SMILES string of the molecule is CCOP(C)(=O)CC(C)c1cccc(OCc2ccc(-c3cc(OC)ccc3F)c([C@@H](OC)C(C)(C)C)c2)c1. The summed E-state index contributed by atoms with van der Waals surface area (Å²) in [5, 5.41) is 0. The average Bonchev–Trinajstić information content (AvgIpc) is 2.87. The summed E-state index contributed by atoms with van der Waals surface area (Å²) in [6.07, 6.45) is 0.193. The number of rotatable bonds is 12. The van der Waals surface area contributed by atoms with Gasteiger partial charge in [-0.15, -0.1) is 0 Å². The Morgan fingerprint density at radius 1 is 0.949 bits per heavy atom. The van der Waals surface area contributed by atoms with Gasteiger partial charge in [-0.2, -0.15) is 0 Å². The maximum absolute atomic E-state index is 15.0. The summed E-state index contributed by atoms with van der Waals surface area (Å²) in [5.41, 5.74) is 3.86. The molecule has 3 atom stereocenters. The predicted octanol–water partition coefficient (Wildman–Crippen LogP) is 8.86. The summed E-state index contributed by atoms with van der Waals surface area (Å²) >= 11 is 0. The maximum Gasteiger partial charge on any atom is 0.200 e. The van der Waals surface area contributed by atoms with Crippen LogP contribution in [0.3, 0.4) is 0 Å². The molecule has 0 aromatic heterocycles. The van der Waals surface area contributed by atoms with Crippen LogP contribution < -0.4 is 9.47 Å². The molecule has 0 N–H and O–H groups in total. The largest absolute Gasteiger partial charge is 0.497 e. The lowest BCUT2D eigenvalue weighted by molar-refractivity contribution is 0.0155. The van der Waals surface area contributed by atoms with Crippen molar-refractivity contribution in [2.24, 2.45) is 5.41 Å². The van der Waals surface area contributed by atoms with Crippen LogP contribution in [0.5, 0.6) is 11.5 Å². The van der Waals surface area contributed by atoms with E-state index < -0.39 is 7.37 Å². The van der Waals surface area contributed by atoms with Gasteiger partial charge in [0.1, 0.15) is 23.9 Å². The summed E-state index contributed by atoms with van der Waals surface area (Å²) in [7, 11) is 0.598. The number of methoxy groups -OCH3 is 2. The van der Waals surface area contributed by atoms with Crippen molar-refractivity contribution >= 4 is 7.37 Å². The third-order valence-electron chi connectivity index (χ3n) is 6.72. The van der Waals surface area contributed by atoms with Crippen molar-refractivity contribution < 1.29 is 27.7 Å². The van der Waals surface area contributed by atoms with Crippen LogP contribution in [0.25, 0.3) is 11.1 Å². The lowest BCUT2D eigenvalue weighted by Crippen LogP contribution is -2.21. The zero-order valence-electron chi connectivity index (χ0n) is 24.4. The topological polar surface area (TPSA) is 54.0 Å². The van der Waals surface area contributed by atoms with E-state index in [0.29, 0.717) is 30.7 Å². The zero-order valence-corrected chi connectivity index (χ0v) is 25.3. The first kappa shape index (κ1) is 30.9. The van der Waals surface area contributed by atoms with Gasteiger partial charge in [-0.05, 0) is 76.9 Å². The average molecular weight is 557 g/mol. The standard InChI is InChI=1S/C32H42FO5P/c1-9-38-39(8,34)21-22(2)24-11-10-12-26(18-24)37-20-23-13-15-27(28-19-25(35-6)14-16-30(28)33)29(17-23)31(36-7)32(3,4)5/h10-19,22,31H,9,20-21H2,1-8H3/t22?,31-,39?/m1/s1. The molecular formula is C32H42FO5P. The van der Waals surface area contributed by atoms with Gasteiger partial charge in [0, 0.05) is 25.5 Å². The summed E-state index contributed by atoms with van der Waals surface area (Å²) in [4.78, 5) is 0. The summed E-state index contributed by atoms with van der Waals surface area (Å²) in [5.74, 6) is 1.06. The summed E-state index contributed by atoms with van der Waals surface area (Å²) in [6, 6.07) is 18.5. The van der Waals surface area contributed by atoms with Crippen molar-refractivity contribution in [3.8, 4) is 22.6 Å². The molecule has 0 aliphatic carbocycles. The first-order chi connectivity index (χ1) is 18.4. The molecule has 212 valence electrons. The minimum Gasteiger partial charge on any atom is -0.497 e. The maximum atomic E-state index is 15.0. The van der Waals surface area contributed by atoms with Gasteiger partial charge < -0.3 is 18.7 Å². The molecular weight excluding hydrogens is 514 g/mol. The monoisotopic (exact) mass is 556 g/mol. The van der Waals surface area contributed by atoms with Crippen LogP contribution in [-0.2, 0) is 20.4 Å². The normalized spacial score (nSPS) is 14.9. The van der Waals surface area contributed by atoms with Crippen LogP contribution in [0.1, 0.15) is 63.3 Å². The number of ether oxygens (including phenoxy) is 3. The van der Waals surface area contributed by atoms with Crippen molar-refractivity contribution in [3.63, 3.8) is 0 Å². The fourth-order valence-corrected chi connectivity index (χ4v) is 6.81. The Kier molecular flexibility index (Phi) is 10.4. The minimum atomic E-state index is -2.65. The van der Waals surface area contributed by atoms with Gasteiger partial charge in [0.05, 0.1) is 19.8 Å². The van der Waals surface area contributed by atoms with Gasteiger partial charge in [-0.25, -0.2) is 4.39 Å². The summed E-state index contributed by atoms with van der Waals surface area (Å²) < 4.78 is 50.6. The van der Waals surface area contributed by atoms with Gasteiger partial charge in [-0.1, -0.05) is 52.0 Å². The van der Waals surface area contributed by atoms with E-state index in [2.05, 4.69) is 20.8 Å². The molecule has 0 aliphatic rings. The lowest BCUT2D eigenvalue weighted by Gasteiger charge is -2.32. The number of halogens is 1. The van der Waals surface area contributed by atoms with Crippen molar-refractivity contribution in [3.05, 3.63) is 83.2 Å². The highest BCUT2D eigenvalue weighted by molar-refractivity contribution is 7.58. The molecule has 0 fully saturated rings. The Bertz CT molecular complexity index is 1300. The number of benzene rings is 3. The van der Waals surface area contributed by atoms with E-state index in [1.165, 1.54) is 6.07 Å². The van der Waals surface area contributed by atoms with E-state index in [1.54, 1.807) is 33.0 Å². The highest BCUT2D eigenvalue weighted by atomic mass is 31.2. The third kappa shape index (κ3) is 8.17. The van der Waals surface area contributed by atoms with E-state index >= 15 is 4.39 Å². The predicted molar refractivity (Wildman–Crippen MR) is 157 cm³/mol. The van der Waals surface area contributed by atoms with Gasteiger partial charge in [0.25, 0.3) is 0 Å². The van der Waals surface area contributed by atoms with Gasteiger partial charge in [0.15, 0.2) is 0 Å². The van der Waals surface area contributed by atoms with E-state index in [0.717, 1.165) is 28.0 Å². The minimum absolute atomic E-state index is 0.0637. The van der Waals surface area contributed by atoms with Crippen LogP contribution >= 0.6 is 7.37 Å². The van der Waals surface area contributed by atoms with E-state index in [-0.39, 0.29) is 23.3 Å². The van der Waals surface area contributed by atoms with Crippen molar-refractivity contribution in [1.29, 1.82) is 0 Å². The molecule has 0 heterocycles. The fraction of sp³-hybridized carbons (Fsp3) is 0.438. The molecule has 7 heteroatoms. The molecule has 0 radical (unpaired) electrons.